The van der Waals surface area contributed by atoms with Gasteiger partial charge < -0.3 is 10.1 Å². The maximum Gasteiger partial charge on any atom is 0.0763 e. The lowest BCUT2D eigenvalue weighted by Gasteiger charge is -2.33. The Balaban J connectivity index is 2.07. The van der Waals surface area contributed by atoms with Gasteiger partial charge in [-0.15, -0.1) is 0 Å². The van der Waals surface area contributed by atoms with Crippen molar-refractivity contribution in [2.45, 2.75) is 37.9 Å². The van der Waals surface area contributed by atoms with E-state index in [1.165, 1.54) is 5.57 Å². The Morgan fingerprint density at radius 1 is 1.50 bits per heavy atom. The fourth-order valence-electron chi connectivity index (χ4n) is 2.23. The summed E-state index contributed by atoms with van der Waals surface area (Å²) in [5, 5.41) is 3.36. The Morgan fingerprint density at radius 3 is 2.67 bits per heavy atom. The summed E-state index contributed by atoms with van der Waals surface area (Å²) in [4.78, 5) is 0. The Bertz CT molecular complexity index is 194. The summed E-state index contributed by atoms with van der Waals surface area (Å²) in [7, 11) is 0. The summed E-state index contributed by atoms with van der Waals surface area (Å²) in [6.07, 6.45) is 3.66. The average Bonchev–Trinajstić information content (AvgIpc) is 2.29. The fourth-order valence-corrected chi connectivity index (χ4v) is 2.23. The van der Waals surface area contributed by atoms with E-state index in [-0.39, 0.29) is 11.7 Å². The molecule has 2 aliphatic rings. The van der Waals surface area contributed by atoms with Gasteiger partial charge in [-0.25, -0.2) is 0 Å². The summed E-state index contributed by atoms with van der Waals surface area (Å²) in [6, 6.07) is 0. The summed E-state index contributed by atoms with van der Waals surface area (Å²) >= 11 is 0. The van der Waals surface area contributed by atoms with Gasteiger partial charge in [-0.3, -0.25) is 0 Å². The van der Waals surface area contributed by atoms with E-state index in [1.807, 2.05) is 0 Å². The van der Waals surface area contributed by atoms with E-state index in [9.17, 15) is 0 Å². The maximum atomic E-state index is 5.96. The van der Waals surface area contributed by atoms with Crippen molar-refractivity contribution < 1.29 is 4.74 Å². The number of rotatable bonds is 0. The quantitative estimate of drug-likeness (QED) is 0.552. The number of nitrogens with one attached hydrogen (secondary N) is 1. The number of hydrogen-bond donors (Lipinski definition) is 1. The zero-order valence-corrected chi connectivity index (χ0v) is 7.73. The van der Waals surface area contributed by atoms with Crippen LogP contribution in [0.4, 0.5) is 0 Å². The van der Waals surface area contributed by atoms with E-state index >= 15 is 0 Å². The van der Waals surface area contributed by atoms with Gasteiger partial charge in [0.1, 0.15) is 0 Å². The van der Waals surface area contributed by atoms with E-state index in [0.717, 1.165) is 32.4 Å². The van der Waals surface area contributed by atoms with Crippen molar-refractivity contribution in [3.05, 3.63) is 12.2 Å². The van der Waals surface area contributed by atoms with Crippen LogP contribution in [0.15, 0.2) is 12.2 Å². The predicted octanol–water partition coefficient (Wildman–Crippen LogP) is 1.47. The van der Waals surface area contributed by atoms with Crippen molar-refractivity contribution in [3.8, 4) is 0 Å². The van der Waals surface area contributed by atoms with Crippen LogP contribution in [0.3, 0.4) is 0 Å². The Kier molecular flexibility index (Phi) is 1.97. The highest BCUT2D eigenvalue weighted by Crippen LogP contribution is 2.39. The van der Waals surface area contributed by atoms with Crippen molar-refractivity contribution in [1.29, 1.82) is 0 Å². The third-order valence-corrected chi connectivity index (χ3v) is 3.07. The van der Waals surface area contributed by atoms with Crippen LogP contribution in [0.5, 0.6) is 0 Å². The highest BCUT2D eigenvalue weighted by molar-refractivity contribution is 5.13. The largest absolute Gasteiger partial charge is 0.367 e. The first kappa shape index (κ1) is 8.27. The zero-order chi connectivity index (χ0) is 8.60. The maximum absolute atomic E-state index is 5.96. The molecule has 2 aliphatic heterocycles. The van der Waals surface area contributed by atoms with Gasteiger partial charge in [-0.2, -0.15) is 0 Å². The molecular formula is C10H17NO. The van der Waals surface area contributed by atoms with Gasteiger partial charge >= 0.3 is 0 Å². The fraction of sp³-hybridized carbons (Fsp3) is 0.800. The van der Waals surface area contributed by atoms with Crippen LogP contribution in [-0.4, -0.2) is 24.8 Å². The SMILES string of the molecule is C=C1CC2(CCNCC2)O[C@H]1C. The zero-order valence-electron chi connectivity index (χ0n) is 7.73. The second-order valence-electron chi connectivity index (χ2n) is 4.03. The molecule has 0 saturated carbocycles. The first-order chi connectivity index (χ1) is 5.72. The van der Waals surface area contributed by atoms with Crippen molar-refractivity contribution in [3.63, 3.8) is 0 Å². The highest BCUT2D eigenvalue weighted by Gasteiger charge is 2.41. The molecule has 68 valence electrons. The molecule has 0 amide bonds. The predicted molar refractivity (Wildman–Crippen MR) is 49.1 cm³/mol. The minimum atomic E-state index is 0.155. The molecule has 0 aromatic carbocycles. The first-order valence-electron chi connectivity index (χ1n) is 4.78. The van der Waals surface area contributed by atoms with Gasteiger partial charge in [0, 0.05) is 0 Å². The molecule has 1 atom stereocenters. The van der Waals surface area contributed by atoms with Gasteiger partial charge in [0.05, 0.1) is 11.7 Å². The lowest BCUT2D eigenvalue weighted by molar-refractivity contribution is -0.0507. The van der Waals surface area contributed by atoms with Crippen LogP contribution in [0.1, 0.15) is 26.2 Å². The smallest absolute Gasteiger partial charge is 0.0763 e. The van der Waals surface area contributed by atoms with Crippen molar-refractivity contribution in [2.24, 2.45) is 0 Å². The molecule has 0 aromatic rings. The second-order valence-corrected chi connectivity index (χ2v) is 4.03. The Hall–Kier alpha value is -0.340. The lowest BCUT2D eigenvalue weighted by Crippen LogP contribution is -2.41. The molecule has 0 aliphatic carbocycles. The summed E-state index contributed by atoms with van der Waals surface area (Å²) < 4.78 is 5.96. The molecule has 1 N–H and O–H groups in total. The van der Waals surface area contributed by atoms with Crippen LogP contribution in [-0.2, 0) is 4.74 Å². The molecule has 1 spiro atoms. The first-order valence-corrected chi connectivity index (χ1v) is 4.78. The van der Waals surface area contributed by atoms with Crippen molar-refractivity contribution in [1.82, 2.24) is 5.32 Å². The molecule has 2 rings (SSSR count). The standard InChI is InChI=1S/C10H17NO/c1-8-7-10(12-9(8)2)3-5-11-6-4-10/h9,11H,1,3-7H2,2H3/t9-/m0/s1. The summed E-state index contributed by atoms with van der Waals surface area (Å²) in [5.41, 5.74) is 1.43. The van der Waals surface area contributed by atoms with Crippen molar-refractivity contribution >= 4 is 0 Å². The summed E-state index contributed by atoms with van der Waals surface area (Å²) in [6.45, 7) is 8.34. The number of hydrogen-bond acceptors (Lipinski definition) is 2. The molecule has 0 unspecified atom stereocenters. The Labute approximate surface area is 74.0 Å². The molecule has 2 fully saturated rings. The normalized spacial score (nSPS) is 34.4. The topological polar surface area (TPSA) is 21.3 Å². The van der Waals surface area contributed by atoms with Crippen molar-refractivity contribution in [2.75, 3.05) is 13.1 Å². The molecule has 0 radical (unpaired) electrons. The van der Waals surface area contributed by atoms with Gasteiger partial charge in [-0.05, 0) is 44.8 Å². The monoisotopic (exact) mass is 167 g/mol. The van der Waals surface area contributed by atoms with E-state index < -0.39 is 0 Å². The van der Waals surface area contributed by atoms with Gasteiger partial charge in [0.2, 0.25) is 0 Å². The molecule has 2 saturated heterocycles. The number of piperidine rings is 1. The van der Waals surface area contributed by atoms with Crippen LogP contribution in [0.25, 0.3) is 0 Å². The van der Waals surface area contributed by atoms with Gasteiger partial charge in [0.15, 0.2) is 0 Å². The van der Waals surface area contributed by atoms with E-state index in [4.69, 9.17) is 4.74 Å². The third kappa shape index (κ3) is 1.29. The van der Waals surface area contributed by atoms with Gasteiger partial charge in [0.25, 0.3) is 0 Å². The third-order valence-electron chi connectivity index (χ3n) is 3.07. The minimum Gasteiger partial charge on any atom is -0.367 e. The number of ether oxygens (including phenoxy) is 1. The molecule has 0 aromatic heterocycles. The van der Waals surface area contributed by atoms with E-state index in [2.05, 4.69) is 18.8 Å². The molecule has 0 bridgehead atoms. The van der Waals surface area contributed by atoms with Crippen LogP contribution < -0.4 is 5.32 Å². The van der Waals surface area contributed by atoms with E-state index in [0.29, 0.717) is 0 Å². The van der Waals surface area contributed by atoms with Crippen LogP contribution in [0, 0.1) is 0 Å². The van der Waals surface area contributed by atoms with Gasteiger partial charge in [-0.1, -0.05) is 6.58 Å². The van der Waals surface area contributed by atoms with Crippen LogP contribution in [0.2, 0.25) is 0 Å². The highest BCUT2D eigenvalue weighted by atomic mass is 16.5. The summed E-state index contributed by atoms with van der Waals surface area (Å²) in [5.74, 6) is 0. The lowest BCUT2D eigenvalue weighted by atomic mass is 9.88. The average molecular weight is 167 g/mol. The Morgan fingerprint density at radius 2 is 2.17 bits per heavy atom. The molecular weight excluding hydrogens is 150 g/mol. The molecule has 2 heterocycles. The molecule has 2 nitrogen and oxygen atoms in total. The van der Waals surface area contributed by atoms with Crippen LogP contribution >= 0.6 is 0 Å². The minimum absolute atomic E-state index is 0.155. The molecule has 2 heteroatoms. The second kappa shape index (κ2) is 2.86. The van der Waals surface area contributed by atoms with E-state index in [1.54, 1.807) is 0 Å². The molecule has 12 heavy (non-hydrogen) atoms.